The SMILES string of the molecule is CN(Cc1ccc(Cl)c(Br)c1)CC1CCCN1. The zero-order valence-corrected chi connectivity index (χ0v) is 12.4. The highest BCUT2D eigenvalue weighted by molar-refractivity contribution is 9.10. The van der Waals surface area contributed by atoms with Crippen LogP contribution in [0.15, 0.2) is 22.7 Å². The fourth-order valence-corrected chi connectivity index (χ4v) is 2.85. The molecular formula is C13H18BrClN2. The molecule has 4 heteroatoms. The molecule has 2 nitrogen and oxygen atoms in total. The molecule has 1 aliphatic rings. The number of rotatable bonds is 4. The lowest BCUT2D eigenvalue weighted by Crippen LogP contribution is -2.34. The Morgan fingerprint density at radius 2 is 2.35 bits per heavy atom. The van der Waals surface area contributed by atoms with E-state index in [9.17, 15) is 0 Å². The van der Waals surface area contributed by atoms with Gasteiger partial charge in [-0.15, -0.1) is 0 Å². The lowest BCUT2D eigenvalue weighted by molar-refractivity contribution is 0.293. The van der Waals surface area contributed by atoms with E-state index in [1.807, 2.05) is 6.07 Å². The monoisotopic (exact) mass is 316 g/mol. The van der Waals surface area contributed by atoms with E-state index in [4.69, 9.17) is 11.6 Å². The number of nitrogens with one attached hydrogen (secondary N) is 1. The lowest BCUT2D eigenvalue weighted by atomic mass is 10.2. The number of benzene rings is 1. The molecule has 0 amide bonds. The molecule has 1 aromatic carbocycles. The van der Waals surface area contributed by atoms with Crippen molar-refractivity contribution in [3.63, 3.8) is 0 Å². The Hall–Kier alpha value is -0.0900. The van der Waals surface area contributed by atoms with Gasteiger partial charge in [-0.2, -0.15) is 0 Å². The highest BCUT2D eigenvalue weighted by atomic mass is 79.9. The van der Waals surface area contributed by atoms with Gasteiger partial charge in [0.1, 0.15) is 0 Å². The maximum absolute atomic E-state index is 5.98. The molecule has 0 spiro atoms. The second kappa shape index (κ2) is 6.19. The third-order valence-corrected chi connectivity index (χ3v) is 4.34. The first-order valence-corrected chi connectivity index (χ1v) is 7.18. The van der Waals surface area contributed by atoms with E-state index in [2.05, 4.69) is 45.3 Å². The molecule has 0 saturated carbocycles. The van der Waals surface area contributed by atoms with Gasteiger partial charge < -0.3 is 10.2 Å². The molecule has 0 bridgehead atoms. The summed E-state index contributed by atoms with van der Waals surface area (Å²) >= 11 is 9.45. The zero-order valence-electron chi connectivity index (χ0n) is 10.0. The second-order valence-corrected chi connectivity index (χ2v) is 6.00. The van der Waals surface area contributed by atoms with E-state index in [0.29, 0.717) is 6.04 Å². The van der Waals surface area contributed by atoms with Crippen LogP contribution in [-0.4, -0.2) is 31.1 Å². The molecule has 1 aromatic rings. The van der Waals surface area contributed by atoms with Gasteiger partial charge in [0.2, 0.25) is 0 Å². The van der Waals surface area contributed by atoms with Gasteiger partial charge in [-0.05, 0) is 60.1 Å². The van der Waals surface area contributed by atoms with Crippen LogP contribution >= 0.6 is 27.5 Å². The van der Waals surface area contributed by atoms with E-state index in [1.165, 1.54) is 24.9 Å². The summed E-state index contributed by atoms with van der Waals surface area (Å²) < 4.78 is 0.976. The van der Waals surface area contributed by atoms with Crippen molar-refractivity contribution in [3.8, 4) is 0 Å². The highest BCUT2D eigenvalue weighted by Crippen LogP contribution is 2.23. The standard InChI is InChI=1S/C13H18BrClN2/c1-17(9-11-3-2-6-16-11)8-10-4-5-13(15)12(14)7-10/h4-5,7,11,16H,2-3,6,8-9H2,1H3. The molecule has 0 aromatic heterocycles. The number of nitrogens with zero attached hydrogens (tertiary/aromatic N) is 1. The first kappa shape index (κ1) is 13.3. The van der Waals surface area contributed by atoms with Crippen LogP contribution in [0, 0.1) is 0 Å². The average Bonchev–Trinajstić information content (AvgIpc) is 2.76. The maximum atomic E-state index is 5.98. The van der Waals surface area contributed by atoms with Gasteiger partial charge in [0.25, 0.3) is 0 Å². The second-order valence-electron chi connectivity index (χ2n) is 4.74. The summed E-state index contributed by atoms with van der Waals surface area (Å²) in [6, 6.07) is 6.80. The molecule has 1 unspecified atom stereocenters. The van der Waals surface area contributed by atoms with E-state index >= 15 is 0 Å². The van der Waals surface area contributed by atoms with Crippen molar-refractivity contribution in [2.75, 3.05) is 20.1 Å². The number of hydrogen-bond acceptors (Lipinski definition) is 2. The number of halogens is 2. The minimum atomic E-state index is 0.663. The van der Waals surface area contributed by atoms with Gasteiger partial charge >= 0.3 is 0 Å². The molecular weight excluding hydrogens is 300 g/mol. The van der Waals surface area contributed by atoms with Gasteiger partial charge in [-0.1, -0.05) is 17.7 Å². The predicted octanol–water partition coefficient (Wildman–Crippen LogP) is 3.29. The Balaban J connectivity index is 1.88. The minimum absolute atomic E-state index is 0.663. The van der Waals surface area contributed by atoms with Crippen molar-refractivity contribution in [3.05, 3.63) is 33.3 Å². The van der Waals surface area contributed by atoms with Crippen LogP contribution in [0.25, 0.3) is 0 Å². The van der Waals surface area contributed by atoms with Crippen LogP contribution in [0.5, 0.6) is 0 Å². The molecule has 2 rings (SSSR count). The lowest BCUT2D eigenvalue weighted by Gasteiger charge is -2.21. The predicted molar refractivity (Wildman–Crippen MR) is 76.5 cm³/mol. The topological polar surface area (TPSA) is 15.3 Å². The summed E-state index contributed by atoms with van der Waals surface area (Å²) in [5, 5.41) is 4.29. The molecule has 0 radical (unpaired) electrons. The van der Waals surface area contributed by atoms with Crippen LogP contribution in [-0.2, 0) is 6.54 Å². The van der Waals surface area contributed by atoms with Crippen LogP contribution < -0.4 is 5.32 Å². The molecule has 1 heterocycles. The normalized spacial score (nSPS) is 20.1. The van der Waals surface area contributed by atoms with Gasteiger partial charge in [0.15, 0.2) is 0 Å². The van der Waals surface area contributed by atoms with Crippen molar-refractivity contribution >= 4 is 27.5 Å². The Kier molecular flexibility index (Phi) is 4.86. The summed E-state index contributed by atoms with van der Waals surface area (Å²) in [5.41, 5.74) is 1.29. The van der Waals surface area contributed by atoms with Crippen LogP contribution in [0.1, 0.15) is 18.4 Å². The van der Waals surface area contributed by atoms with Gasteiger partial charge in [0, 0.05) is 23.6 Å². The fourth-order valence-electron chi connectivity index (χ4n) is 2.30. The smallest absolute Gasteiger partial charge is 0.0548 e. The number of likely N-dealkylation sites (N-methyl/N-ethyl adjacent to an activating group) is 1. The molecule has 0 aliphatic carbocycles. The molecule has 1 fully saturated rings. The summed E-state index contributed by atoms with van der Waals surface area (Å²) in [5.74, 6) is 0. The molecule has 1 N–H and O–H groups in total. The quantitative estimate of drug-likeness (QED) is 0.917. The van der Waals surface area contributed by atoms with Crippen molar-refractivity contribution in [2.24, 2.45) is 0 Å². The van der Waals surface area contributed by atoms with Crippen molar-refractivity contribution in [1.82, 2.24) is 10.2 Å². The third kappa shape index (κ3) is 3.95. The number of hydrogen-bond donors (Lipinski definition) is 1. The van der Waals surface area contributed by atoms with E-state index < -0.39 is 0 Å². The summed E-state index contributed by atoms with van der Waals surface area (Å²) in [7, 11) is 2.17. The summed E-state index contributed by atoms with van der Waals surface area (Å²) in [6.45, 7) is 3.25. The third-order valence-electron chi connectivity index (χ3n) is 3.13. The molecule has 1 aliphatic heterocycles. The van der Waals surface area contributed by atoms with Crippen molar-refractivity contribution in [2.45, 2.75) is 25.4 Å². The van der Waals surface area contributed by atoms with Crippen molar-refractivity contribution < 1.29 is 0 Å². The summed E-state index contributed by atoms with van der Waals surface area (Å²) in [6.07, 6.45) is 2.61. The Labute approximate surface area is 116 Å². The summed E-state index contributed by atoms with van der Waals surface area (Å²) in [4.78, 5) is 2.36. The first-order valence-electron chi connectivity index (χ1n) is 6.01. The largest absolute Gasteiger partial charge is 0.313 e. The van der Waals surface area contributed by atoms with E-state index in [-0.39, 0.29) is 0 Å². The zero-order chi connectivity index (χ0) is 12.3. The molecule has 1 saturated heterocycles. The van der Waals surface area contributed by atoms with Crippen molar-refractivity contribution in [1.29, 1.82) is 0 Å². The first-order chi connectivity index (χ1) is 8.15. The minimum Gasteiger partial charge on any atom is -0.313 e. The fraction of sp³-hybridized carbons (Fsp3) is 0.538. The Bertz CT molecular complexity index is 378. The Morgan fingerprint density at radius 3 is 3.00 bits per heavy atom. The van der Waals surface area contributed by atoms with Crippen LogP contribution in [0.4, 0.5) is 0 Å². The highest BCUT2D eigenvalue weighted by Gasteiger charge is 2.15. The van der Waals surface area contributed by atoms with Crippen LogP contribution in [0.3, 0.4) is 0 Å². The average molecular weight is 318 g/mol. The maximum Gasteiger partial charge on any atom is 0.0548 e. The molecule has 1 atom stereocenters. The molecule has 17 heavy (non-hydrogen) atoms. The van der Waals surface area contributed by atoms with Gasteiger partial charge in [-0.3, -0.25) is 0 Å². The molecule has 94 valence electrons. The van der Waals surface area contributed by atoms with Gasteiger partial charge in [0.05, 0.1) is 5.02 Å². The van der Waals surface area contributed by atoms with Crippen LogP contribution in [0.2, 0.25) is 5.02 Å². The van der Waals surface area contributed by atoms with E-state index in [0.717, 1.165) is 22.6 Å². The van der Waals surface area contributed by atoms with Gasteiger partial charge in [-0.25, -0.2) is 0 Å². The van der Waals surface area contributed by atoms with E-state index in [1.54, 1.807) is 0 Å². The Morgan fingerprint density at radius 1 is 1.53 bits per heavy atom.